The minimum atomic E-state index is 0.630. The van der Waals surface area contributed by atoms with Gasteiger partial charge in [-0.3, -0.25) is 0 Å². The molecular formula is C55H34N4. The van der Waals surface area contributed by atoms with Crippen LogP contribution in [0.5, 0.6) is 0 Å². The number of hydrogen-bond acceptors (Lipinski definition) is 3. The molecule has 0 saturated heterocycles. The predicted molar refractivity (Wildman–Crippen MR) is 246 cm³/mol. The molecule has 12 aromatic rings. The monoisotopic (exact) mass is 750 g/mol. The summed E-state index contributed by atoms with van der Waals surface area (Å²) in [4.78, 5) is 15.7. The van der Waals surface area contributed by atoms with Crippen LogP contribution in [0.4, 0.5) is 0 Å². The van der Waals surface area contributed by atoms with E-state index >= 15 is 0 Å². The zero-order chi connectivity index (χ0) is 38.9. The highest BCUT2D eigenvalue weighted by molar-refractivity contribution is 6.24. The van der Waals surface area contributed by atoms with E-state index in [1.165, 1.54) is 37.8 Å². The predicted octanol–water partition coefficient (Wildman–Crippen LogP) is 14.2. The smallest absolute Gasteiger partial charge is 0.164 e. The van der Waals surface area contributed by atoms with Crippen molar-refractivity contribution in [3.05, 3.63) is 206 Å². The number of benzene rings is 10. The highest BCUT2D eigenvalue weighted by Gasteiger charge is 2.21. The van der Waals surface area contributed by atoms with Crippen LogP contribution in [0.15, 0.2) is 206 Å². The summed E-state index contributed by atoms with van der Waals surface area (Å²) < 4.78 is 2.47. The molecule has 0 fully saturated rings. The van der Waals surface area contributed by atoms with Crippen LogP contribution >= 0.6 is 0 Å². The molecule has 0 saturated carbocycles. The summed E-state index contributed by atoms with van der Waals surface area (Å²) >= 11 is 0. The van der Waals surface area contributed by atoms with Crippen molar-refractivity contribution in [1.29, 1.82) is 0 Å². The van der Waals surface area contributed by atoms with E-state index in [-0.39, 0.29) is 0 Å². The van der Waals surface area contributed by atoms with Crippen molar-refractivity contribution in [3.63, 3.8) is 0 Å². The lowest BCUT2D eigenvalue weighted by atomic mass is 9.96. The fraction of sp³-hybridized carbons (Fsp3) is 0. The normalized spacial score (nSPS) is 11.7. The average molecular weight is 751 g/mol. The molecule has 0 aliphatic carbocycles. The van der Waals surface area contributed by atoms with E-state index in [9.17, 15) is 0 Å². The maximum Gasteiger partial charge on any atom is 0.164 e. The van der Waals surface area contributed by atoms with E-state index in [0.717, 1.165) is 60.6 Å². The first-order chi connectivity index (χ1) is 29.2. The zero-order valence-corrected chi connectivity index (χ0v) is 31.9. The molecule has 0 amide bonds. The van der Waals surface area contributed by atoms with E-state index in [2.05, 4.69) is 193 Å². The van der Waals surface area contributed by atoms with Gasteiger partial charge in [0.15, 0.2) is 17.5 Å². The molecule has 0 unspecified atom stereocenters. The third-order valence-electron chi connectivity index (χ3n) is 11.8. The van der Waals surface area contributed by atoms with Gasteiger partial charge >= 0.3 is 0 Å². The van der Waals surface area contributed by atoms with E-state index in [1.807, 2.05) is 18.2 Å². The second-order valence-corrected chi connectivity index (χ2v) is 15.2. The number of rotatable bonds is 5. The first-order valence-electron chi connectivity index (χ1n) is 20.0. The van der Waals surface area contributed by atoms with Crippen molar-refractivity contribution in [2.75, 3.05) is 0 Å². The molecule has 59 heavy (non-hydrogen) atoms. The summed E-state index contributed by atoms with van der Waals surface area (Å²) in [6.07, 6.45) is 0. The van der Waals surface area contributed by atoms with Crippen molar-refractivity contribution in [1.82, 2.24) is 19.5 Å². The van der Waals surface area contributed by atoms with Crippen LogP contribution in [-0.2, 0) is 0 Å². The fourth-order valence-corrected chi connectivity index (χ4v) is 9.02. The molecule has 2 aromatic heterocycles. The highest BCUT2D eigenvalue weighted by Crippen LogP contribution is 2.42. The number of aromatic nitrogens is 4. The summed E-state index contributed by atoms with van der Waals surface area (Å²) in [5, 5.41) is 11.8. The molecule has 274 valence electrons. The van der Waals surface area contributed by atoms with E-state index < -0.39 is 0 Å². The molecule has 0 radical (unpaired) electrons. The Morgan fingerprint density at radius 3 is 1.64 bits per heavy atom. The van der Waals surface area contributed by atoms with E-state index in [0.29, 0.717) is 17.5 Å². The standard InChI is InChI=1S/C55H34N4/c1-3-14-35(15-4-1)41-26-28-44-46(55-57-53(38-18-5-2-6-19-38)56-54(58-55)45-25-13-22-36-16-9-11-23-42(36)45)29-31-49(47(44)32-41)59-50-30-27-37-17-10-12-24-43(37)52(50)48-33-39-20-7-8-21-40(39)34-51(48)59/h1-34H. The zero-order valence-electron chi connectivity index (χ0n) is 31.9. The van der Waals surface area contributed by atoms with Crippen molar-refractivity contribution in [3.8, 4) is 51.0 Å². The number of fused-ring (bicyclic) bond motifs is 8. The third kappa shape index (κ3) is 5.42. The van der Waals surface area contributed by atoms with Crippen molar-refractivity contribution < 1.29 is 0 Å². The van der Waals surface area contributed by atoms with Gasteiger partial charge in [-0.1, -0.05) is 170 Å². The van der Waals surface area contributed by atoms with Crippen LogP contribution in [0.1, 0.15) is 0 Å². The summed E-state index contributed by atoms with van der Waals surface area (Å²) in [7, 11) is 0. The highest BCUT2D eigenvalue weighted by atomic mass is 15.0. The molecular weight excluding hydrogens is 717 g/mol. The second-order valence-electron chi connectivity index (χ2n) is 15.2. The van der Waals surface area contributed by atoms with E-state index in [1.54, 1.807) is 0 Å². The average Bonchev–Trinajstić information content (AvgIpc) is 3.63. The summed E-state index contributed by atoms with van der Waals surface area (Å²) in [5.74, 6) is 1.91. The molecule has 10 aromatic carbocycles. The first kappa shape index (κ1) is 33.2. The number of nitrogens with zero attached hydrogens (tertiary/aromatic N) is 4. The summed E-state index contributed by atoms with van der Waals surface area (Å²) in [5.41, 5.74) is 8.59. The molecule has 2 heterocycles. The lowest BCUT2D eigenvalue weighted by Gasteiger charge is -2.17. The molecule has 0 aliphatic rings. The maximum atomic E-state index is 5.31. The van der Waals surface area contributed by atoms with Crippen LogP contribution in [-0.4, -0.2) is 19.5 Å². The quantitative estimate of drug-likeness (QED) is 0.176. The largest absolute Gasteiger partial charge is 0.309 e. The van der Waals surface area contributed by atoms with Crippen LogP contribution in [0.3, 0.4) is 0 Å². The molecule has 0 bridgehead atoms. The Hall–Kier alpha value is -7.95. The molecule has 12 rings (SSSR count). The molecule has 4 heteroatoms. The Kier molecular flexibility index (Phi) is 7.50. The lowest BCUT2D eigenvalue weighted by Crippen LogP contribution is -2.02. The van der Waals surface area contributed by atoms with Gasteiger partial charge in [0.25, 0.3) is 0 Å². The van der Waals surface area contributed by atoms with Gasteiger partial charge in [-0.25, -0.2) is 15.0 Å². The van der Waals surface area contributed by atoms with Gasteiger partial charge in [0.1, 0.15) is 0 Å². The van der Waals surface area contributed by atoms with Crippen molar-refractivity contribution >= 4 is 64.9 Å². The SMILES string of the molecule is c1ccc(-c2ccc3c(-c4nc(-c5ccccc5)nc(-c5cccc6ccccc56)n4)ccc(-n4c5cc6ccccc6cc5c5c6ccccc6ccc54)c3c2)cc1. The first-order valence-corrected chi connectivity index (χ1v) is 20.0. The minimum Gasteiger partial charge on any atom is -0.309 e. The topological polar surface area (TPSA) is 43.6 Å². The number of hydrogen-bond donors (Lipinski definition) is 0. The van der Waals surface area contributed by atoms with Gasteiger partial charge in [-0.15, -0.1) is 0 Å². The molecule has 0 aliphatic heterocycles. The Morgan fingerprint density at radius 2 is 0.881 bits per heavy atom. The summed E-state index contributed by atoms with van der Waals surface area (Å²) in [6.45, 7) is 0. The maximum absolute atomic E-state index is 5.31. The molecule has 0 spiro atoms. The van der Waals surface area contributed by atoms with Crippen LogP contribution in [0, 0.1) is 0 Å². The van der Waals surface area contributed by atoms with Crippen molar-refractivity contribution in [2.24, 2.45) is 0 Å². The van der Waals surface area contributed by atoms with E-state index in [4.69, 9.17) is 15.0 Å². The van der Waals surface area contributed by atoms with Crippen LogP contribution in [0.25, 0.3) is 116 Å². The van der Waals surface area contributed by atoms with Gasteiger partial charge < -0.3 is 4.57 Å². The van der Waals surface area contributed by atoms with Gasteiger partial charge in [0, 0.05) is 32.8 Å². The third-order valence-corrected chi connectivity index (χ3v) is 11.8. The van der Waals surface area contributed by atoms with Gasteiger partial charge in [-0.05, 0) is 85.2 Å². The molecule has 0 N–H and O–H groups in total. The molecule has 4 nitrogen and oxygen atoms in total. The van der Waals surface area contributed by atoms with Crippen LogP contribution < -0.4 is 0 Å². The Bertz CT molecular complexity index is 3600. The van der Waals surface area contributed by atoms with Crippen LogP contribution in [0.2, 0.25) is 0 Å². The summed E-state index contributed by atoms with van der Waals surface area (Å²) in [6, 6.07) is 73.5. The van der Waals surface area contributed by atoms with Gasteiger partial charge in [0.05, 0.1) is 16.7 Å². The Morgan fingerprint density at radius 1 is 0.288 bits per heavy atom. The van der Waals surface area contributed by atoms with Gasteiger partial charge in [0.2, 0.25) is 0 Å². The Labute approximate surface area is 340 Å². The Balaban J connectivity index is 1.18. The second kappa shape index (κ2) is 13.3. The minimum absolute atomic E-state index is 0.630. The van der Waals surface area contributed by atoms with Gasteiger partial charge in [-0.2, -0.15) is 0 Å². The lowest BCUT2D eigenvalue weighted by molar-refractivity contribution is 1.08. The fourth-order valence-electron chi connectivity index (χ4n) is 9.02. The molecule has 0 atom stereocenters. The van der Waals surface area contributed by atoms with Crippen molar-refractivity contribution in [2.45, 2.75) is 0 Å².